The van der Waals surface area contributed by atoms with E-state index in [1.807, 2.05) is 11.8 Å². The first-order valence-corrected chi connectivity index (χ1v) is 7.45. The molecule has 0 spiro atoms. The Morgan fingerprint density at radius 1 is 1.53 bits per heavy atom. The Bertz CT molecular complexity index is 421. The summed E-state index contributed by atoms with van der Waals surface area (Å²) in [5.41, 5.74) is 0.115. The highest BCUT2D eigenvalue weighted by Gasteiger charge is 2.18. The Kier molecular flexibility index (Phi) is 4.45. The number of benzene rings is 1. The molecule has 1 fully saturated rings. The van der Waals surface area contributed by atoms with Crippen LogP contribution in [0.3, 0.4) is 0 Å². The molecular formula is C12H13BrFNOS. The van der Waals surface area contributed by atoms with Crippen molar-refractivity contribution in [1.29, 1.82) is 0 Å². The Morgan fingerprint density at radius 3 is 3.00 bits per heavy atom. The van der Waals surface area contributed by atoms with Crippen LogP contribution in [-0.2, 0) is 0 Å². The average molecular weight is 318 g/mol. The third-order valence-electron chi connectivity index (χ3n) is 2.67. The zero-order valence-corrected chi connectivity index (χ0v) is 11.6. The molecular weight excluding hydrogens is 305 g/mol. The fourth-order valence-electron chi connectivity index (χ4n) is 1.79. The molecule has 0 bridgehead atoms. The van der Waals surface area contributed by atoms with E-state index in [1.54, 1.807) is 6.07 Å². The van der Waals surface area contributed by atoms with Crippen LogP contribution in [0.25, 0.3) is 0 Å². The lowest BCUT2D eigenvalue weighted by Crippen LogP contribution is -2.38. The smallest absolute Gasteiger partial charge is 0.254 e. The summed E-state index contributed by atoms with van der Waals surface area (Å²) < 4.78 is 14.2. The van der Waals surface area contributed by atoms with E-state index in [4.69, 9.17) is 0 Å². The lowest BCUT2D eigenvalue weighted by Gasteiger charge is -2.22. The number of rotatable bonds is 2. The lowest BCUT2D eigenvalue weighted by atomic mass is 10.1. The van der Waals surface area contributed by atoms with Gasteiger partial charge >= 0.3 is 0 Å². The minimum absolute atomic E-state index is 0.115. The van der Waals surface area contributed by atoms with Crippen molar-refractivity contribution in [3.8, 4) is 0 Å². The van der Waals surface area contributed by atoms with Crippen molar-refractivity contribution >= 4 is 33.6 Å². The van der Waals surface area contributed by atoms with E-state index < -0.39 is 5.82 Å². The molecule has 2 rings (SSSR count). The van der Waals surface area contributed by atoms with Crippen LogP contribution >= 0.6 is 27.7 Å². The fourth-order valence-corrected chi connectivity index (χ4v) is 3.20. The molecule has 2 nitrogen and oxygen atoms in total. The predicted molar refractivity (Wildman–Crippen MR) is 71.9 cm³/mol. The number of hydrogen-bond donors (Lipinski definition) is 1. The maximum atomic E-state index is 13.6. The van der Waals surface area contributed by atoms with Gasteiger partial charge in [0.2, 0.25) is 0 Å². The molecule has 1 amide bonds. The Balaban J connectivity index is 2.03. The standard InChI is InChI=1S/C12H13BrFNOS/c13-8-3-4-10(11(14)6-8)12(16)15-9-2-1-5-17-7-9/h3-4,6,9H,1-2,5,7H2,(H,15,16). The molecule has 0 aliphatic carbocycles. The van der Waals surface area contributed by atoms with Crippen molar-refractivity contribution in [2.24, 2.45) is 0 Å². The van der Waals surface area contributed by atoms with Gasteiger partial charge in [0.05, 0.1) is 5.56 Å². The normalized spacial score (nSPS) is 20.0. The van der Waals surface area contributed by atoms with Crippen molar-refractivity contribution < 1.29 is 9.18 Å². The number of carbonyl (C=O) groups excluding carboxylic acids is 1. The minimum atomic E-state index is -0.486. The first-order chi connectivity index (χ1) is 8.16. The van der Waals surface area contributed by atoms with Crippen molar-refractivity contribution in [3.05, 3.63) is 34.1 Å². The molecule has 5 heteroatoms. The summed E-state index contributed by atoms with van der Waals surface area (Å²) in [7, 11) is 0. The summed E-state index contributed by atoms with van der Waals surface area (Å²) in [4.78, 5) is 11.9. The number of thioether (sulfide) groups is 1. The highest BCUT2D eigenvalue weighted by molar-refractivity contribution is 9.10. The molecule has 0 saturated carbocycles. The Hall–Kier alpha value is -0.550. The zero-order chi connectivity index (χ0) is 12.3. The second-order valence-corrected chi connectivity index (χ2v) is 6.08. The summed E-state index contributed by atoms with van der Waals surface area (Å²) in [5, 5.41) is 2.88. The summed E-state index contributed by atoms with van der Waals surface area (Å²) in [6, 6.07) is 4.66. The molecule has 0 radical (unpaired) electrons. The topological polar surface area (TPSA) is 29.1 Å². The molecule has 1 saturated heterocycles. The second-order valence-electron chi connectivity index (χ2n) is 4.01. The quantitative estimate of drug-likeness (QED) is 0.907. The van der Waals surface area contributed by atoms with Crippen molar-refractivity contribution in [3.63, 3.8) is 0 Å². The predicted octanol–water partition coefficient (Wildman–Crippen LogP) is 3.21. The molecule has 92 valence electrons. The van der Waals surface area contributed by atoms with E-state index in [2.05, 4.69) is 21.2 Å². The van der Waals surface area contributed by atoms with Gasteiger partial charge in [-0.3, -0.25) is 4.79 Å². The van der Waals surface area contributed by atoms with Gasteiger partial charge in [-0.15, -0.1) is 0 Å². The van der Waals surface area contributed by atoms with Gasteiger partial charge in [0.1, 0.15) is 5.82 Å². The van der Waals surface area contributed by atoms with Crippen LogP contribution in [-0.4, -0.2) is 23.5 Å². The average Bonchev–Trinajstić information content (AvgIpc) is 2.30. The molecule has 1 N–H and O–H groups in total. The summed E-state index contributed by atoms with van der Waals surface area (Å²) in [6.07, 6.45) is 2.09. The van der Waals surface area contributed by atoms with Crippen LogP contribution in [0.1, 0.15) is 23.2 Å². The minimum Gasteiger partial charge on any atom is -0.348 e. The second kappa shape index (κ2) is 5.87. The lowest BCUT2D eigenvalue weighted by molar-refractivity contribution is 0.0934. The third kappa shape index (κ3) is 3.45. The number of nitrogens with one attached hydrogen (secondary N) is 1. The van der Waals surface area contributed by atoms with Crippen LogP contribution in [0, 0.1) is 5.82 Å². The molecule has 1 atom stereocenters. The Morgan fingerprint density at radius 2 is 2.35 bits per heavy atom. The number of amides is 1. The number of hydrogen-bond acceptors (Lipinski definition) is 2. The van der Waals surface area contributed by atoms with Gasteiger partial charge in [0.15, 0.2) is 0 Å². The molecule has 1 unspecified atom stereocenters. The van der Waals surface area contributed by atoms with E-state index in [9.17, 15) is 9.18 Å². The first kappa shape index (κ1) is 12.9. The van der Waals surface area contributed by atoms with Gasteiger partial charge in [-0.1, -0.05) is 15.9 Å². The molecule has 1 aromatic carbocycles. The summed E-state index contributed by atoms with van der Waals surface area (Å²) >= 11 is 5.00. The Labute approximate surface area is 112 Å². The number of carbonyl (C=O) groups is 1. The summed E-state index contributed by atoms with van der Waals surface area (Å²) in [6.45, 7) is 0. The third-order valence-corrected chi connectivity index (χ3v) is 4.38. The van der Waals surface area contributed by atoms with Gasteiger partial charge in [-0.25, -0.2) is 4.39 Å². The highest BCUT2D eigenvalue weighted by Crippen LogP contribution is 2.19. The van der Waals surface area contributed by atoms with Crippen LogP contribution in [0.15, 0.2) is 22.7 Å². The zero-order valence-electron chi connectivity index (χ0n) is 9.21. The summed E-state index contributed by atoms with van der Waals surface area (Å²) in [5.74, 6) is 1.27. The van der Waals surface area contributed by atoms with Crippen LogP contribution in [0.5, 0.6) is 0 Å². The van der Waals surface area contributed by atoms with Crippen molar-refractivity contribution in [2.45, 2.75) is 18.9 Å². The van der Waals surface area contributed by atoms with Crippen molar-refractivity contribution in [2.75, 3.05) is 11.5 Å². The van der Waals surface area contributed by atoms with Crippen LogP contribution < -0.4 is 5.32 Å². The monoisotopic (exact) mass is 317 g/mol. The molecule has 0 aromatic heterocycles. The van der Waals surface area contributed by atoms with Gasteiger partial charge in [0, 0.05) is 16.3 Å². The van der Waals surface area contributed by atoms with Gasteiger partial charge in [0.25, 0.3) is 5.91 Å². The molecule has 1 aliphatic rings. The van der Waals surface area contributed by atoms with E-state index in [0.717, 1.165) is 24.3 Å². The molecule has 17 heavy (non-hydrogen) atoms. The van der Waals surface area contributed by atoms with Crippen molar-refractivity contribution in [1.82, 2.24) is 5.32 Å². The number of halogens is 2. The van der Waals surface area contributed by atoms with Gasteiger partial charge in [-0.05, 0) is 36.8 Å². The van der Waals surface area contributed by atoms with Gasteiger partial charge < -0.3 is 5.32 Å². The van der Waals surface area contributed by atoms with Gasteiger partial charge in [-0.2, -0.15) is 11.8 Å². The first-order valence-electron chi connectivity index (χ1n) is 5.50. The maximum absolute atomic E-state index is 13.6. The van der Waals surface area contributed by atoms with E-state index in [-0.39, 0.29) is 17.5 Å². The van der Waals surface area contributed by atoms with E-state index >= 15 is 0 Å². The van der Waals surface area contributed by atoms with Crippen LogP contribution in [0.2, 0.25) is 0 Å². The van der Waals surface area contributed by atoms with Crippen LogP contribution in [0.4, 0.5) is 4.39 Å². The van der Waals surface area contributed by atoms with E-state index in [0.29, 0.717) is 4.47 Å². The maximum Gasteiger partial charge on any atom is 0.254 e. The SMILES string of the molecule is O=C(NC1CCCSC1)c1ccc(Br)cc1F. The largest absolute Gasteiger partial charge is 0.348 e. The fraction of sp³-hybridized carbons (Fsp3) is 0.417. The highest BCUT2D eigenvalue weighted by atomic mass is 79.9. The molecule has 1 aromatic rings. The molecule has 1 heterocycles. The van der Waals surface area contributed by atoms with E-state index in [1.165, 1.54) is 12.1 Å². The molecule has 1 aliphatic heterocycles.